The van der Waals surface area contributed by atoms with Crippen molar-refractivity contribution < 1.29 is 8.42 Å². The number of rotatable bonds is 3. The molecule has 2 aromatic rings. The molecule has 0 bridgehead atoms. The number of aromatic nitrogens is 1. The quantitative estimate of drug-likeness (QED) is 0.649. The summed E-state index contributed by atoms with van der Waals surface area (Å²) >= 11 is 8.92. The van der Waals surface area contributed by atoms with Crippen molar-refractivity contribution in [3.8, 4) is 0 Å². The van der Waals surface area contributed by atoms with Crippen LogP contribution in [0.1, 0.15) is 0 Å². The lowest BCUT2D eigenvalue weighted by Crippen LogP contribution is -2.13. The first kappa shape index (κ1) is 14.1. The minimum atomic E-state index is -3.71. The van der Waals surface area contributed by atoms with Gasteiger partial charge in [0, 0.05) is 0 Å². The minimum Gasteiger partial charge on any atom is -0.397 e. The third kappa shape index (κ3) is 3.37. The fourth-order valence-electron chi connectivity index (χ4n) is 1.34. The third-order valence-corrected chi connectivity index (χ3v) is 4.45. The molecule has 5 nitrogen and oxygen atoms in total. The van der Waals surface area contributed by atoms with Crippen LogP contribution in [0.4, 0.5) is 11.4 Å². The van der Waals surface area contributed by atoms with E-state index in [2.05, 4.69) is 25.6 Å². The van der Waals surface area contributed by atoms with Crippen LogP contribution < -0.4 is 10.5 Å². The van der Waals surface area contributed by atoms with E-state index in [4.69, 9.17) is 17.3 Å². The molecule has 8 heteroatoms. The summed E-state index contributed by atoms with van der Waals surface area (Å²) in [4.78, 5) is 3.97. The van der Waals surface area contributed by atoms with Crippen LogP contribution in [0, 0.1) is 0 Å². The summed E-state index contributed by atoms with van der Waals surface area (Å²) < 4.78 is 27.2. The monoisotopic (exact) mass is 361 g/mol. The van der Waals surface area contributed by atoms with Gasteiger partial charge in [0.25, 0.3) is 10.0 Å². The molecule has 2 rings (SSSR count). The van der Waals surface area contributed by atoms with Crippen LogP contribution in [0.25, 0.3) is 0 Å². The Hall–Kier alpha value is -1.31. The van der Waals surface area contributed by atoms with Crippen molar-refractivity contribution in [3.05, 3.63) is 46.2 Å². The van der Waals surface area contributed by atoms with Gasteiger partial charge in [-0.05, 0) is 46.3 Å². The zero-order valence-electron chi connectivity index (χ0n) is 9.47. The zero-order chi connectivity index (χ0) is 14.0. The summed E-state index contributed by atoms with van der Waals surface area (Å²) in [5.41, 5.74) is 6.15. The van der Waals surface area contributed by atoms with E-state index in [9.17, 15) is 8.42 Å². The number of hydrogen-bond acceptors (Lipinski definition) is 4. The summed E-state index contributed by atoms with van der Waals surface area (Å²) in [6.45, 7) is 0. The largest absolute Gasteiger partial charge is 0.397 e. The SMILES string of the molecule is Nc1cc(S(=O)(=O)Nc2ccc(Br)nc2)ccc1Cl. The minimum absolute atomic E-state index is 0.0392. The molecule has 1 heterocycles. The highest BCUT2D eigenvalue weighted by atomic mass is 79.9. The highest BCUT2D eigenvalue weighted by Gasteiger charge is 2.15. The van der Waals surface area contributed by atoms with Gasteiger partial charge in [0.05, 0.1) is 27.5 Å². The van der Waals surface area contributed by atoms with E-state index in [1.54, 1.807) is 12.1 Å². The molecule has 0 spiro atoms. The van der Waals surface area contributed by atoms with E-state index in [0.717, 1.165) is 0 Å². The molecule has 0 aliphatic heterocycles. The molecule has 1 aromatic heterocycles. The number of nitrogen functional groups attached to an aromatic ring is 1. The van der Waals surface area contributed by atoms with E-state index < -0.39 is 10.0 Å². The van der Waals surface area contributed by atoms with Crippen LogP contribution >= 0.6 is 27.5 Å². The highest BCUT2D eigenvalue weighted by molar-refractivity contribution is 9.10. The van der Waals surface area contributed by atoms with Gasteiger partial charge < -0.3 is 5.73 Å². The molecule has 0 amide bonds. The van der Waals surface area contributed by atoms with Gasteiger partial charge in [-0.2, -0.15) is 0 Å². The normalized spacial score (nSPS) is 11.3. The molecule has 0 saturated carbocycles. The second-order valence-electron chi connectivity index (χ2n) is 3.66. The van der Waals surface area contributed by atoms with Crippen molar-refractivity contribution in [1.29, 1.82) is 0 Å². The molecule has 0 unspecified atom stereocenters. The van der Waals surface area contributed by atoms with Gasteiger partial charge in [-0.3, -0.25) is 4.72 Å². The molecule has 0 aliphatic carbocycles. The molecule has 0 atom stereocenters. The molecule has 0 saturated heterocycles. The van der Waals surface area contributed by atoms with Crippen LogP contribution in [-0.4, -0.2) is 13.4 Å². The number of nitrogens with one attached hydrogen (secondary N) is 1. The zero-order valence-corrected chi connectivity index (χ0v) is 12.6. The Bertz CT molecular complexity index is 704. The molecule has 0 fully saturated rings. The first-order valence-electron chi connectivity index (χ1n) is 5.08. The van der Waals surface area contributed by atoms with Gasteiger partial charge in [0.15, 0.2) is 0 Å². The first-order valence-corrected chi connectivity index (χ1v) is 7.73. The first-order chi connectivity index (χ1) is 8.88. The summed E-state index contributed by atoms with van der Waals surface area (Å²) in [5, 5.41) is 0.309. The fourth-order valence-corrected chi connectivity index (χ4v) is 2.77. The van der Waals surface area contributed by atoms with Crippen molar-refractivity contribution in [2.45, 2.75) is 4.90 Å². The smallest absolute Gasteiger partial charge is 0.262 e. The maximum atomic E-state index is 12.1. The van der Waals surface area contributed by atoms with E-state index in [-0.39, 0.29) is 10.6 Å². The highest BCUT2D eigenvalue weighted by Crippen LogP contribution is 2.23. The van der Waals surface area contributed by atoms with Gasteiger partial charge in [-0.15, -0.1) is 0 Å². The predicted octanol–water partition coefficient (Wildman–Crippen LogP) is 2.88. The van der Waals surface area contributed by atoms with E-state index in [0.29, 0.717) is 15.3 Å². The maximum absolute atomic E-state index is 12.1. The third-order valence-electron chi connectivity index (χ3n) is 2.26. The average molecular weight is 363 g/mol. The van der Waals surface area contributed by atoms with E-state index in [1.165, 1.54) is 24.4 Å². The second-order valence-corrected chi connectivity index (χ2v) is 6.56. The van der Waals surface area contributed by atoms with E-state index >= 15 is 0 Å². The van der Waals surface area contributed by atoms with E-state index in [1.807, 2.05) is 0 Å². The van der Waals surface area contributed by atoms with Gasteiger partial charge in [-0.1, -0.05) is 11.6 Å². The molecular formula is C11H9BrClN3O2S. The molecule has 0 aliphatic rings. The van der Waals surface area contributed by atoms with Crippen molar-refractivity contribution >= 4 is 48.9 Å². The Morgan fingerprint density at radius 3 is 2.58 bits per heavy atom. The van der Waals surface area contributed by atoms with Gasteiger partial charge in [0.1, 0.15) is 4.60 Å². The summed E-state index contributed by atoms with van der Waals surface area (Å²) in [5.74, 6) is 0. The van der Waals surface area contributed by atoms with Crippen molar-refractivity contribution in [3.63, 3.8) is 0 Å². The summed E-state index contributed by atoms with van der Waals surface area (Å²) in [6.07, 6.45) is 1.40. The van der Waals surface area contributed by atoms with Gasteiger partial charge in [0.2, 0.25) is 0 Å². The van der Waals surface area contributed by atoms with Crippen LogP contribution in [0.3, 0.4) is 0 Å². The number of hydrogen-bond donors (Lipinski definition) is 2. The summed E-state index contributed by atoms with van der Waals surface area (Å²) in [7, 11) is -3.71. The Morgan fingerprint density at radius 1 is 1.26 bits per heavy atom. The Kier molecular flexibility index (Phi) is 3.98. The molecule has 0 radical (unpaired) electrons. The Morgan fingerprint density at radius 2 is 2.00 bits per heavy atom. The molecule has 1 aromatic carbocycles. The number of nitrogens with zero attached hydrogens (tertiary/aromatic N) is 1. The number of sulfonamides is 1. The topological polar surface area (TPSA) is 85.1 Å². The summed E-state index contributed by atoms with van der Waals surface area (Å²) in [6, 6.07) is 7.34. The molecule has 3 N–H and O–H groups in total. The molecule has 100 valence electrons. The van der Waals surface area contributed by atoms with Gasteiger partial charge >= 0.3 is 0 Å². The lowest BCUT2D eigenvalue weighted by molar-refractivity contribution is 0.601. The molecular weight excluding hydrogens is 354 g/mol. The molecule has 19 heavy (non-hydrogen) atoms. The van der Waals surface area contributed by atoms with Crippen molar-refractivity contribution in [2.75, 3.05) is 10.5 Å². The fraction of sp³-hybridized carbons (Fsp3) is 0. The van der Waals surface area contributed by atoms with Crippen LogP contribution in [0.5, 0.6) is 0 Å². The standard InChI is InChI=1S/C11H9BrClN3O2S/c12-11-4-1-7(6-15-11)16-19(17,18)8-2-3-9(13)10(14)5-8/h1-6,16H,14H2. The predicted molar refractivity (Wildman–Crippen MR) is 78.6 cm³/mol. The second kappa shape index (κ2) is 5.36. The lowest BCUT2D eigenvalue weighted by atomic mass is 10.3. The number of anilines is 2. The Labute approximate surface area is 124 Å². The number of nitrogens with two attached hydrogens (primary N) is 1. The van der Waals surface area contributed by atoms with Gasteiger partial charge in [-0.25, -0.2) is 13.4 Å². The maximum Gasteiger partial charge on any atom is 0.262 e. The lowest BCUT2D eigenvalue weighted by Gasteiger charge is -2.08. The average Bonchev–Trinajstić information content (AvgIpc) is 2.35. The van der Waals surface area contributed by atoms with Crippen molar-refractivity contribution in [2.24, 2.45) is 0 Å². The van der Waals surface area contributed by atoms with Crippen LogP contribution in [0.2, 0.25) is 5.02 Å². The van der Waals surface area contributed by atoms with Crippen LogP contribution in [-0.2, 0) is 10.0 Å². The van der Waals surface area contributed by atoms with Crippen molar-refractivity contribution in [1.82, 2.24) is 4.98 Å². The number of pyridine rings is 1. The Balaban J connectivity index is 2.32. The number of halogens is 2. The van der Waals surface area contributed by atoms with Crippen LogP contribution in [0.15, 0.2) is 46.0 Å². The number of benzene rings is 1.